The van der Waals surface area contributed by atoms with E-state index in [4.69, 9.17) is 15.2 Å². The molecule has 0 aliphatic carbocycles. The van der Waals surface area contributed by atoms with E-state index in [1.165, 1.54) is 0 Å². The molecule has 1 saturated heterocycles. The zero-order chi connectivity index (χ0) is 14.1. The summed E-state index contributed by atoms with van der Waals surface area (Å²) < 4.78 is 10.7. The Morgan fingerprint density at radius 1 is 1.35 bits per heavy atom. The molecule has 1 aliphatic rings. The first-order valence-electron chi connectivity index (χ1n) is 7.30. The Labute approximate surface area is 128 Å². The van der Waals surface area contributed by atoms with Gasteiger partial charge < -0.3 is 20.5 Å². The van der Waals surface area contributed by atoms with Crippen molar-refractivity contribution in [1.29, 1.82) is 0 Å². The standard InChI is InChI=1S/C14H28N2O3.ClH/c1-11(2)3-7-19-10-6-16-14(17)13(15)12-4-8-18-9-5-12;/h11-13H,3-10,15H2,1-2H3,(H,16,17);1H. The topological polar surface area (TPSA) is 73.6 Å². The highest BCUT2D eigenvalue weighted by Crippen LogP contribution is 2.17. The SMILES string of the molecule is CC(C)CCOCCNC(=O)C(N)C1CCOCC1.Cl. The molecule has 0 radical (unpaired) electrons. The first kappa shape index (κ1) is 19.6. The molecule has 1 heterocycles. The lowest BCUT2D eigenvalue weighted by Crippen LogP contribution is -2.47. The van der Waals surface area contributed by atoms with Gasteiger partial charge in [-0.3, -0.25) is 4.79 Å². The van der Waals surface area contributed by atoms with Crippen molar-refractivity contribution in [2.75, 3.05) is 33.0 Å². The lowest BCUT2D eigenvalue weighted by Gasteiger charge is -2.26. The fourth-order valence-electron chi connectivity index (χ4n) is 2.07. The van der Waals surface area contributed by atoms with Gasteiger partial charge >= 0.3 is 0 Å². The third-order valence-electron chi connectivity index (χ3n) is 3.46. The van der Waals surface area contributed by atoms with Gasteiger partial charge in [0.05, 0.1) is 12.6 Å². The molecule has 1 amide bonds. The van der Waals surface area contributed by atoms with Crippen molar-refractivity contribution in [1.82, 2.24) is 5.32 Å². The van der Waals surface area contributed by atoms with Crippen LogP contribution in [0.2, 0.25) is 0 Å². The molecule has 1 fully saturated rings. The molecule has 3 N–H and O–H groups in total. The normalized spacial score (nSPS) is 17.6. The van der Waals surface area contributed by atoms with Crippen LogP contribution in [0, 0.1) is 11.8 Å². The minimum absolute atomic E-state index is 0. The first-order chi connectivity index (χ1) is 9.11. The summed E-state index contributed by atoms with van der Waals surface area (Å²) in [5, 5.41) is 2.84. The molecule has 20 heavy (non-hydrogen) atoms. The van der Waals surface area contributed by atoms with E-state index in [0.717, 1.165) is 25.9 Å². The third-order valence-corrected chi connectivity index (χ3v) is 3.46. The average Bonchev–Trinajstić information content (AvgIpc) is 2.42. The molecule has 0 aromatic heterocycles. The zero-order valence-electron chi connectivity index (χ0n) is 12.6. The number of nitrogens with two attached hydrogens (primary N) is 1. The molecule has 1 aliphatic heterocycles. The predicted molar refractivity (Wildman–Crippen MR) is 82.1 cm³/mol. The summed E-state index contributed by atoms with van der Waals surface area (Å²) >= 11 is 0. The second kappa shape index (κ2) is 11.3. The number of halogens is 1. The van der Waals surface area contributed by atoms with Gasteiger partial charge in [0.15, 0.2) is 0 Å². The quantitative estimate of drug-likeness (QED) is 0.664. The Morgan fingerprint density at radius 2 is 2.00 bits per heavy atom. The van der Waals surface area contributed by atoms with Crippen LogP contribution in [0.4, 0.5) is 0 Å². The van der Waals surface area contributed by atoms with Gasteiger partial charge in [-0.05, 0) is 31.1 Å². The summed E-state index contributed by atoms with van der Waals surface area (Å²) in [7, 11) is 0. The van der Waals surface area contributed by atoms with Crippen LogP contribution < -0.4 is 11.1 Å². The summed E-state index contributed by atoms with van der Waals surface area (Å²) in [6.07, 6.45) is 2.80. The van der Waals surface area contributed by atoms with Crippen LogP contribution >= 0.6 is 12.4 Å². The number of hydrogen-bond acceptors (Lipinski definition) is 4. The van der Waals surface area contributed by atoms with E-state index in [-0.39, 0.29) is 24.2 Å². The number of amides is 1. The number of hydrogen-bond donors (Lipinski definition) is 2. The summed E-state index contributed by atoms with van der Waals surface area (Å²) in [4.78, 5) is 11.9. The fourth-order valence-corrected chi connectivity index (χ4v) is 2.07. The van der Waals surface area contributed by atoms with Gasteiger partial charge in [-0.25, -0.2) is 0 Å². The van der Waals surface area contributed by atoms with Gasteiger partial charge in [0, 0.05) is 26.4 Å². The maximum absolute atomic E-state index is 11.9. The highest BCUT2D eigenvalue weighted by Gasteiger charge is 2.26. The third kappa shape index (κ3) is 8.04. The molecule has 0 aromatic carbocycles. The van der Waals surface area contributed by atoms with E-state index in [9.17, 15) is 4.79 Å². The number of carbonyl (C=O) groups excluding carboxylic acids is 1. The lowest BCUT2D eigenvalue weighted by molar-refractivity contribution is -0.124. The molecule has 0 aromatic rings. The molecule has 120 valence electrons. The molecule has 0 saturated carbocycles. The van der Waals surface area contributed by atoms with Gasteiger partial charge in [-0.15, -0.1) is 12.4 Å². The molecule has 1 rings (SSSR count). The number of carbonyl (C=O) groups is 1. The highest BCUT2D eigenvalue weighted by molar-refractivity contribution is 5.85. The summed E-state index contributed by atoms with van der Waals surface area (Å²) in [5.74, 6) is 0.825. The van der Waals surface area contributed by atoms with Crippen LogP contribution in [0.3, 0.4) is 0 Å². The van der Waals surface area contributed by atoms with Gasteiger partial charge in [0.1, 0.15) is 0 Å². The van der Waals surface area contributed by atoms with Crippen LogP contribution in [0.15, 0.2) is 0 Å². The van der Waals surface area contributed by atoms with Crippen molar-refractivity contribution in [3.8, 4) is 0 Å². The maximum Gasteiger partial charge on any atom is 0.237 e. The molecule has 1 atom stereocenters. The van der Waals surface area contributed by atoms with E-state index in [1.807, 2.05) is 0 Å². The summed E-state index contributed by atoms with van der Waals surface area (Å²) in [6.45, 7) is 7.59. The van der Waals surface area contributed by atoms with E-state index in [2.05, 4.69) is 19.2 Å². The lowest BCUT2D eigenvalue weighted by atomic mass is 9.92. The van der Waals surface area contributed by atoms with Crippen molar-refractivity contribution in [3.63, 3.8) is 0 Å². The van der Waals surface area contributed by atoms with Crippen molar-refractivity contribution in [2.24, 2.45) is 17.6 Å². The largest absolute Gasteiger partial charge is 0.381 e. The molecule has 6 heteroatoms. The summed E-state index contributed by atoms with van der Waals surface area (Å²) in [5.41, 5.74) is 5.96. The number of ether oxygens (including phenoxy) is 2. The van der Waals surface area contributed by atoms with E-state index in [0.29, 0.717) is 32.3 Å². The average molecular weight is 309 g/mol. The minimum atomic E-state index is -0.417. The summed E-state index contributed by atoms with van der Waals surface area (Å²) in [6, 6.07) is -0.417. The number of rotatable bonds is 8. The second-order valence-corrected chi connectivity index (χ2v) is 5.56. The first-order valence-corrected chi connectivity index (χ1v) is 7.30. The van der Waals surface area contributed by atoms with E-state index in [1.54, 1.807) is 0 Å². The Morgan fingerprint density at radius 3 is 2.60 bits per heavy atom. The molecular formula is C14H29ClN2O3. The molecule has 0 bridgehead atoms. The van der Waals surface area contributed by atoms with Crippen LogP contribution in [-0.4, -0.2) is 44.9 Å². The molecule has 5 nitrogen and oxygen atoms in total. The smallest absolute Gasteiger partial charge is 0.237 e. The second-order valence-electron chi connectivity index (χ2n) is 5.56. The predicted octanol–water partition coefficient (Wildman–Crippen LogP) is 1.34. The molecule has 0 spiro atoms. The Kier molecular flexibility index (Phi) is 11.1. The van der Waals surface area contributed by atoms with Crippen molar-refractivity contribution >= 4 is 18.3 Å². The van der Waals surface area contributed by atoms with Gasteiger partial charge in [-0.1, -0.05) is 13.8 Å². The zero-order valence-corrected chi connectivity index (χ0v) is 13.4. The Hall–Kier alpha value is -0.360. The van der Waals surface area contributed by atoms with Crippen molar-refractivity contribution < 1.29 is 14.3 Å². The van der Waals surface area contributed by atoms with Crippen LogP contribution in [0.25, 0.3) is 0 Å². The maximum atomic E-state index is 11.9. The van der Waals surface area contributed by atoms with Crippen molar-refractivity contribution in [3.05, 3.63) is 0 Å². The van der Waals surface area contributed by atoms with E-state index >= 15 is 0 Å². The van der Waals surface area contributed by atoms with Gasteiger partial charge in [0.2, 0.25) is 5.91 Å². The molecule has 1 unspecified atom stereocenters. The highest BCUT2D eigenvalue weighted by atomic mass is 35.5. The minimum Gasteiger partial charge on any atom is -0.381 e. The van der Waals surface area contributed by atoms with Crippen LogP contribution in [0.1, 0.15) is 33.1 Å². The fraction of sp³-hybridized carbons (Fsp3) is 0.929. The van der Waals surface area contributed by atoms with Crippen LogP contribution in [-0.2, 0) is 14.3 Å². The monoisotopic (exact) mass is 308 g/mol. The Balaban J connectivity index is 0.00000361. The van der Waals surface area contributed by atoms with Crippen LogP contribution in [0.5, 0.6) is 0 Å². The number of nitrogens with one attached hydrogen (secondary N) is 1. The van der Waals surface area contributed by atoms with Gasteiger partial charge in [-0.2, -0.15) is 0 Å². The van der Waals surface area contributed by atoms with Gasteiger partial charge in [0.25, 0.3) is 0 Å². The molecular weight excluding hydrogens is 280 g/mol. The van der Waals surface area contributed by atoms with E-state index < -0.39 is 6.04 Å². The van der Waals surface area contributed by atoms with Crippen molar-refractivity contribution in [2.45, 2.75) is 39.2 Å². The Bertz CT molecular complexity index is 259.